The summed E-state index contributed by atoms with van der Waals surface area (Å²) in [5, 5.41) is 12.9. The number of hydrogen-bond donors (Lipinski definition) is 2. The fourth-order valence-corrected chi connectivity index (χ4v) is 4.30. The zero-order chi connectivity index (χ0) is 20.4. The lowest BCUT2D eigenvalue weighted by molar-refractivity contribution is -0.156. The molecule has 152 valence electrons. The average molecular weight is 416 g/mol. The maximum Gasteiger partial charge on any atom is 0.407 e. The Morgan fingerprint density at radius 1 is 1.34 bits per heavy atom. The Kier molecular flexibility index (Phi) is 5.40. The van der Waals surface area contributed by atoms with E-state index in [0.717, 1.165) is 16.8 Å². The van der Waals surface area contributed by atoms with Gasteiger partial charge in [0.1, 0.15) is 0 Å². The number of anilines is 1. The summed E-state index contributed by atoms with van der Waals surface area (Å²) in [6, 6.07) is 11.5. The molecule has 1 aromatic carbocycles. The van der Waals surface area contributed by atoms with Crippen LogP contribution in [-0.4, -0.2) is 64.1 Å². The number of methoxy groups -OCH3 is 1. The lowest BCUT2D eigenvalue weighted by atomic mass is 9.99. The first-order chi connectivity index (χ1) is 14.0. The fraction of sp³-hybridized carbons (Fsp3) is 0.350. The molecule has 1 amide bonds. The van der Waals surface area contributed by atoms with Crippen LogP contribution in [0.1, 0.15) is 11.1 Å². The van der Waals surface area contributed by atoms with Crippen LogP contribution >= 0.6 is 11.6 Å². The number of amides is 1. The van der Waals surface area contributed by atoms with Crippen molar-refractivity contribution in [3.63, 3.8) is 0 Å². The van der Waals surface area contributed by atoms with Crippen molar-refractivity contribution in [1.29, 1.82) is 0 Å². The summed E-state index contributed by atoms with van der Waals surface area (Å²) in [4.78, 5) is 24.1. The third-order valence-electron chi connectivity index (χ3n) is 5.42. The zero-order valence-corrected chi connectivity index (χ0v) is 16.7. The summed E-state index contributed by atoms with van der Waals surface area (Å²) in [5.41, 5.74) is 2.59. The molecule has 0 spiro atoms. The van der Waals surface area contributed by atoms with Crippen LogP contribution in [0.3, 0.4) is 0 Å². The molecule has 2 atom stereocenters. The number of piperazine rings is 1. The third kappa shape index (κ3) is 3.66. The molecule has 1 fully saturated rings. The van der Waals surface area contributed by atoms with Crippen LogP contribution in [0.15, 0.2) is 53.8 Å². The number of nitrogens with zero attached hydrogens (tertiary/aromatic N) is 4. The monoisotopic (exact) mass is 415 g/mol. The molecule has 9 heteroatoms. The maximum absolute atomic E-state index is 11.8. The minimum atomic E-state index is -1.14. The predicted molar refractivity (Wildman–Crippen MR) is 110 cm³/mol. The van der Waals surface area contributed by atoms with Crippen LogP contribution in [0, 0.1) is 0 Å². The van der Waals surface area contributed by atoms with Crippen molar-refractivity contribution in [3.8, 4) is 0 Å². The second-order valence-corrected chi connectivity index (χ2v) is 7.38. The van der Waals surface area contributed by atoms with Gasteiger partial charge in [-0.05, 0) is 29.7 Å². The molecule has 0 radical (unpaired) electrons. The lowest BCUT2D eigenvalue weighted by Crippen LogP contribution is -2.62. The van der Waals surface area contributed by atoms with Crippen molar-refractivity contribution in [1.82, 2.24) is 14.8 Å². The van der Waals surface area contributed by atoms with Gasteiger partial charge < -0.3 is 20.1 Å². The van der Waals surface area contributed by atoms with E-state index in [1.165, 1.54) is 4.90 Å². The molecule has 2 aliphatic rings. The molecule has 29 heavy (non-hydrogen) atoms. The Labute approximate surface area is 173 Å². The van der Waals surface area contributed by atoms with E-state index in [-0.39, 0.29) is 11.3 Å². The smallest absolute Gasteiger partial charge is 0.407 e. The first-order valence-corrected chi connectivity index (χ1v) is 9.72. The van der Waals surface area contributed by atoms with E-state index in [1.807, 2.05) is 41.3 Å². The Balaban J connectivity index is 1.69. The van der Waals surface area contributed by atoms with Crippen molar-refractivity contribution in [2.24, 2.45) is 4.99 Å². The number of rotatable bonds is 4. The number of nitrogens with one attached hydrogen (secondary N) is 1. The van der Waals surface area contributed by atoms with Crippen LogP contribution in [0.25, 0.3) is 0 Å². The number of hydrogen-bond acceptors (Lipinski definition) is 6. The predicted octanol–water partition coefficient (Wildman–Crippen LogP) is 2.77. The molecule has 1 unspecified atom stereocenters. The molecule has 2 aliphatic heterocycles. The van der Waals surface area contributed by atoms with E-state index < -0.39 is 11.9 Å². The van der Waals surface area contributed by atoms with Gasteiger partial charge in [-0.1, -0.05) is 30.3 Å². The highest BCUT2D eigenvalue weighted by Crippen LogP contribution is 2.40. The Hall–Kier alpha value is -2.68. The van der Waals surface area contributed by atoms with Gasteiger partial charge in [-0.25, -0.2) is 14.7 Å². The Morgan fingerprint density at radius 2 is 2.14 bits per heavy atom. The zero-order valence-electron chi connectivity index (χ0n) is 16.0. The Bertz CT molecular complexity index is 925. The van der Waals surface area contributed by atoms with Crippen molar-refractivity contribution in [2.75, 3.05) is 32.1 Å². The normalized spacial score (nSPS) is 24.4. The van der Waals surface area contributed by atoms with Crippen LogP contribution < -0.4 is 5.32 Å². The maximum atomic E-state index is 11.8. The second-order valence-electron chi connectivity index (χ2n) is 7.03. The highest BCUT2D eigenvalue weighted by molar-refractivity contribution is 6.67. The number of aromatic nitrogens is 1. The third-order valence-corrected chi connectivity index (χ3v) is 5.59. The SMILES string of the molecule is COC1(N2CCN(C(=O)O)[C@@H](Cc3ccccc3)C2)N=C(Cl)Nc2cnccc21. The number of benzene rings is 1. The summed E-state index contributed by atoms with van der Waals surface area (Å²) in [5.74, 6) is -1.14. The highest BCUT2D eigenvalue weighted by atomic mass is 35.5. The van der Waals surface area contributed by atoms with Crippen molar-refractivity contribution >= 4 is 28.7 Å². The van der Waals surface area contributed by atoms with E-state index in [1.54, 1.807) is 19.5 Å². The minimum absolute atomic E-state index is 0.202. The molecular weight excluding hydrogens is 394 g/mol. The summed E-state index contributed by atoms with van der Waals surface area (Å²) in [6.45, 7) is 1.25. The van der Waals surface area contributed by atoms with Crippen LogP contribution in [0.2, 0.25) is 0 Å². The fourth-order valence-electron chi connectivity index (χ4n) is 4.08. The van der Waals surface area contributed by atoms with Gasteiger partial charge in [-0.3, -0.25) is 4.98 Å². The largest absolute Gasteiger partial charge is 0.465 e. The minimum Gasteiger partial charge on any atom is -0.465 e. The summed E-state index contributed by atoms with van der Waals surface area (Å²) >= 11 is 6.27. The summed E-state index contributed by atoms with van der Waals surface area (Å²) in [6.07, 6.45) is 3.03. The lowest BCUT2D eigenvalue weighted by Gasteiger charge is -2.48. The number of halogens is 1. The van der Waals surface area contributed by atoms with Gasteiger partial charge in [0.25, 0.3) is 5.85 Å². The topological polar surface area (TPSA) is 90.3 Å². The number of ether oxygens (including phenoxy) is 1. The van der Waals surface area contributed by atoms with E-state index in [2.05, 4.69) is 15.3 Å². The first-order valence-electron chi connectivity index (χ1n) is 9.34. The van der Waals surface area contributed by atoms with Gasteiger partial charge in [-0.15, -0.1) is 0 Å². The first kappa shape index (κ1) is 19.6. The quantitative estimate of drug-likeness (QED) is 0.746. The molecule has 2 N–H and O–H groups in total. The van der Waals surface area contributed by atoms with Gasteiger partial charge in [0.05, 0.1) is 17.9 Å². The molecule has 4 rings (SSSR count). The molecule has 2 aromatic rings. The highest BCUT2D eigenvalue weighted by Gasteiger charge is 2.47. The van der Waals surface area contributed by atoms with Crippen molar-refractivity contribution in [2.45, 2.75) is 18.3 Å². The number of carboxylic acid groups (broad SMARTS) is 1. The van der Waals surface area contributed by atoms with Gasteiger partial charge in [0.2, 0.25) is 0 Å². The van der Waals surface area contributed by atoms with Crippen molar-refractivity contribution < 1.29 is 14.6 Å². The molecule has 1 aromatic heterocycles. The van der Waals surface area contributed by atoms with Gasteiger partial charge >= 0.3 is 6.09 Å². The molecular formula is C20H22ClN5O3. The number of pyridine rings is 1. The molecule has 0 saturated carbocycles. The number of fused-ring (bicyclic) bond motifs is 1. The molecule has 3 heterocycles. The molecule has 0 aliphatic carbocycles. The van der Waals surface area contributed by atoms with Gasteiger partial charge in [0, 0.05) is 38.5 Å². The van der Waals surface area contributed by atoms with E-state index in [4.69, 9.17) is 16.3 Å². The summed E-state index contributed by atoms with van der Waals surface area (Å²) < 4.78 is 5.93. The molecule has 8 nitrogen and oxygen atoms in total. The number of aliphatic imine (C=N–C) groups is 1. The van der Waals surface area contributed by atoms with Crippen LogP contribution in [0.5, 0.6) is 0 Å². The van der Waals surface area contributed by atoms with E-state index in [9.17, 15) is 9.90 Å². The van der Waals surface area contributed by atoms with Crippen LogP contribution in [0.4, 0.5) is 10.5 Å². The van der Waals surface area contributed by atoms with Gasteiger partial charge in [-0.2, -0.15) is 0 Å². The average Bonchev–Trinajstić information content (AvgIpc) is 2.73. The number of carbonyl (C=O) groups is 1. The Morgan fingerprint density at radius 3 is 2.86 bits per heavy atom. The molecule has 0 bridgehead atoms. The standard InChI is InChI=1S/C20H22ClN5O3/c1-29-20(16-7-8-22-12-17(16)23-18(21)24-20)25-9-10-26(19(27)28)15(13-25)11-14-5-3-2-4-6-14/h2-8,12,15H,9-11,13H2,1H3,(H,23,24)(H,27,28)/t15-,20?/m0/s1. The van der Waals surface area contributed by atoms with E-state index in [0.29, 0.717) is 26.1 Å². The van der Waals surface area contributed by atoms with Crippen LogP contribution in [-0.2, 0) is 17.0 Å². The number of amidine groups is 1. The van der Waals surface area contributed by atoms with Gasteiger partial charge in [0.15, 0.2) is 5.29 Å². The molecule has 1 saturated heterocycles. The summed E-state index contributed by atoms with van der Waals surface area (Å²) in [7, 11) is 1.58. The van der Waals surface area contributed by atoms with E-state index >= 15 is 0 Å². The van der Waals surface area contributed by atoms with Crippen molar-refractivity contribution in [3.05, 3.63) is 59.9 Å². The second kappa shape index (κ2) is 7.98.